The molecule has 0 fully saturated rings. The molecule has 5 nitrogen and oxygen atoms in total. The van der Waals surface area contributed by atoms with E-state index in [2.05, 4.69) is 10.3 Å². The van der Waals surface area contributed by atoms with Crippen molar-refractivity contribution in [3.8, 4) is 0 Å². The van der Waals surface area contributed by atoms with Crippen LogP contribution in [0.3, 0.4) is 0 Å². The zero-order valence-electron chi connectivity index (χ0n) is 13.0. The van der Waals surface area contributed by atoms with Gasteiger partial charge in [-0.1, -0.05) is 34.8 Å². The van der Waals surface area contributed by atoms with Crippen molar-refractivity contribution in [2.45, 2.75) is 20.8 Å². The lowest BCUT2D eigenvalue weighted by Gasteiger charge is -2.08. The van der Waals surface area contributed by atoms with E-state index in [0.29, 0.717) is 10.6 Å². The van der Waals surface area contributed by atoms with E-state index in [0.717, 1.165) is 10.4 Å². The lowest BCUT2D eigenvalue weighted by atomic mass is 10.1. The summed E-state index contributed by atoms with van der Waals surface area (Å²) in [5.41, 5.74) is 0.996. The van der Waals surface area contributed by atoms with Crippen molar-refractivity contribution in [3.63, 3.8) is 0 Å². The number of hydrogen-bond acceptors (Lipinski definition) is 5. The third-order valence-electron chi connectivity index (χ3n) is 3.22. The fraction of sp³-hybridized carbons (Fsp3) is 0.267. The lowest BCUT2D eigenvalue weighted by Crippen LogP contribution is -2.16. The minimum absolute atomic E-state index is 0.0441. The number of aromatic nitrogens is 1. The van der Waals surface area contributed by atoms with Gasteiger partial charge in [0.05, 0.1) is 27.2 Å². The average Bonchev–Trinajstić information content (AvgIpc) is 2.79. The summed E-state index contributed by atoms with van der Waals surface area (Å²) in [6.45, 7) is 5.59. The van der Waals surface area contributed by atoms with Crippen LogP contribution in [0.2, 0.25) is 15.1 Å². The molecule has 0 saturated carbocycles. The van der Waals surface area contributed by atoms with Gasteiger partial charge in [0.15, 0.2) is 0 Å². The van der Waals surface area contributed by atoms with Crippen molar-refractivity contribution in [1.29, 1.82) is 0 Å². The third kappa shape index (κ3) is 3.67. The van der Waals surface area contributed by atoms with Crippen LogP contribution < -0.4 is 5.32 Å². The van der Waals surface area contributed by atoms with Crippen LogP contribution in [-0.4, -0.2) is 23.5 Å². The summed E-state index contributed by atoms with van der Waals surface area (Å²) in [6.07, 6.45) is 1.24. The zero-order chi connectivity index (χ0) is 18.0. The predicted octanol–water partition coefficient (Wildman–Crippen LogP) is 5.15. The molecule has 0 saturated heterocycles. The second kappa shape index (κ2) is 7.70. The molecule has 2 aromatic rings. The molecule has 0 aromatic carbocycles. The Morgan fingerprint density at radius 2 is 1.92 bits per heavy atom. The van der Waals surface area contributed by atoms with Gasteiger partial charge in [0.2, 0.25) is 0 Å². The summed E-state index contributed by atoms with van der Waals surface area (Å²) < 4.78 is 5.04. The molecule has 24 heavy (non-hydrogen) atoms. The summed E-state index contributed by atoms with van der Waals surface area (Å²) in [4.78, 5) is 29.4. The van der Waals surface area contributed by atoms with Gasteiger partial charge >= 0.3 is 5.97 Å². The topological polar surface area (TPSA) is 68.3 Å². The fourth-order valence-electron chi connectivity index (χ4n) is 1.93. The van der Waals surface area contributed by atoms with Crippen LogP contribution in [0.25, 0.3) is 0 Å². The molecule has 0 aliphatic rings. The molecule has 0 aliphatic carbocycles. The molecule has 0 spiro atoms. The Bertz CT molecular complexity index is 821. The molecule has 2 aromatic heterocycles. The first-order chi connectivity index (χ1) is 11.3. The molecular formula is C15H13Cl3N2O3S. The van der Waals surface area contributed by atoms with E-state index < -0.39 is 11.9 Å². The highest BCUT2D eigenvalue weighted by Crippen LogP contribution is 2.35. The molecule has 0 atom stereocenters. The lowest BCUT2D eigenvalue weighted by molar-refractivity contribution is 0.0527. The minimum atomic E-state index is -0.592. The molecule has 2 rings (SSSR count). The van der Waals surface area contributed by atoms with Crippen LogP contribution in [-0.2, 0) is 4.74 Å². The molecule has 0 aliphatic heterocycles. The maximum absolute atomic E-state index is 12.4. The molecule has 0 bridgehead atoms. The van der Waals surface area contributed by atoms with E-state index in [9.17, 15) is 9.59 Å². The zero-order valence-corrected chi connectivity index (χ0v) is 16.1. The van der Waals surface area contributed by atoms with Crippen LogP contribution in [0.4, 0.5) is 5.00 Å². The number of halogens is 3. The number of pyridine rings is 1. The van der Waals surface area contributed by atoms with E-state index in [1.165, 1.54) is 17.5 Å². The number of rotatable bonds is 4. The quantitative estimate of drug-likeness (QED) is 0.712. The van der Waals surface area contributed by atoms with Gasteiger partial charge in [0.1, 0.15) is 10.7 Å². The SMILES string of the molecule is CCOC(=O)c1c(NC(=O)c2ncc(Cl)c(Cl)c2Cl)sc(C)c1C. The first-order valence-electron chi connectivity index (χ1n) is 6.85. The standard InChI is InChI=1S/C15H13Cl3N2O3S/c1-4-23-15(22)9-6(2)7(3)24-14(9)20-13(21)12-11(18)10(17)8(16)5-19-12/h5H,4H2,1-3H3,(H,20,21). The van der Waals surface area contributed by atoms with Gasteiger partial charge < -0.3 is 10.1 Å². The van der Waals surface area contributed by atoms with Crippen LogP contribution in [0.15, 0.2) is 6.20 Å². The maximum atomic E-state index is 12.4. The Balaban J connectivity index is 2.38. The third-order valence-corrected chi connectivity index (χ3v) is 5.59. The summed E-state index contributed by atoms with van der Waals surface area (Å²) in [5, 5.41) is 3.16. The molecule has 2 heterocycles. The number of amides is 1. The second-order valence-corrected chi connectivity index (χ2v) is 7.13. The Hall–Kier alpha value is -1.34. The van der Waals surface area contributed by atoms with E-state index >= 15 is 0 Å². The number of aryl methyl sites for hydroxylation is 1. The second-order valence-electron chi connectivity index (χ2n) is 4.74. The maximum Gasteiger partial charge on any atom is 0.341 e. The van der Waals surface area contributed by atoms with Gasteiger partial charge in [-0.15, -0.1) is 11.3 Å². The largest absolute Gasteiger partial charge is 0.462 e. The monoisotopic (exact) mass is 406 g/mol. The first-order valence-corrected chi connectivity index (χ1v) is 8.80. The number of ether oxygens (including phenoxy) is 1. The van der Waals surface area contributed by atoms with E-state index in [-0.39, 0.29) is 27.4 Å². The number of nitrogens with one attached hydrogen (secondary N) is 1. The average molecular weight is 408 g/mol. The highest BCUT2D eigenvalue weighted by molar-refractivity contribution is 7.16. The normalized spacial score (nSPS) is 10.6. The van der Waals surface area contributed by atoms with Gasteiger partial charge in [-0.25, -0.2) is 9.78 Å². The molecule has 1 N–H and O–H groups in total. The fourth-order valence-corrected chi connectivity index (χ4v) is 3.54. The smallest absolute Gasteiger partial charge is 0.341 e. The van der Waals surface area contributed by atoms with Gasteiger partial charge in [0.25, 0.3) is 5.91 Å². The van der Waals surface area contributed by atoms with Crippen molar-refractivity contribution >= 4 is 63.0 Å². The van der Waals surface area contributed by atoms with Crippen molar-refractivity contribution in [1.82, 2.24) is 4.98 Å². The Morgan fingerprint density at radius 3 is 2.54 bits per heavy atom. The van der Waals surface area contributed by atoms with E-state index in [1.807, 2.05) is 6.92 Å². The van der Waals surface area contributed by atoms with E-state index in [4.69, 9.17) is 39.5 Å². The Kier molecular flexibility index (Phi) is 6.09. The summed E-state index contributed by atoms with van der Waals surface area (Å²) in [6, 6.07) is 0. The number of carbonyl (C=O) groups is 2. The van der Waals surface area contributed by atoms with Gasteiger partial charge in [0, 0.05) is 11.1 Å². The summed E-state index contributed by atoms with van der Waals surface area (Å²) >= 11 is 19.0. The van der Waals surface area contributed by atoms with Gasteiger partial charge in [-0.2, -0.15) is 0 Å². The Labute approximate surface area is 157 Å². The van der Waals surface area contributed by atoms with E-state index in [1.54, 1.807) is 13.8 Å². The van der Waals surface area contributed by atoms with Gasteiger partial charge in [-0.3, -0.25) is 4.79 Å². The number of carbonyl (C=O) groups excluding carboxylic acids is 2. The molecule has 0 radical (unpaired) electrons. The molecule has 128 valence electrons. The summed E-state index contributed by atoms with van der Waals surface area (Å²) in [5.74, 6) is -1.09. The van der Waals surface area contributed by atoms with Crippen LogP contribution >= 0.6 is 46.1 Å². The highest BCUT2D eigenvalue weighted by Gasteiger charge is 2.24. The van der Waals surface area contributed by atoms with Crippen LogP contribution in [0, 0.1) is 13.8 Å². The minimum Gasteiger partial charge on any atom is -0.462 e. The predicted molar refractivity (Wildman–Crippen MR) is 97.0 cm³/mol. The number of thiophene rings is 1. The number of hydrogen-bond donors (Lipinski definition) is 1. The molecule has 0 unspecified atom stereocenters. The Morgan fingerprint density at radius 1 is 1.25 bits per heavy atom. The van der Waals surface area contributed by atoms with Crippen LogP contribution in [0.1, 0.15) is 38.2 Å². The highest BCUT2D eigenvalue weighted by atomic mass is 35.5. The molecule has 9 heteroatoms. The first kappa shape index (κ1) is 19.0. The van der Waals surface area contributed by atoms with Crippen molar-refractivity contribution in [2.24, 2.45) is 0 Å². The summed E-state index contributed by atoms with van der Waals surface area (Å²) in [7, 11) is 0. The van der Waals surface area contributed by atoms with Crippen LogP contribution in [0.5, 0.6) is 0 Å². The van der Waals surface area contributed by atoms with Crippen molar-refractivity contribution in [2.75, 3.05) is 11.9 Å². The number of anilines is 1. The number of esters is 1. The van der Waals surface area contributed by atoms with Gasteiger partial charge in [-0.05, 0) is 26.3 Å². The molecular weight excluding hydrogens is 395 g/mol. The van der Waals surface area contributed by atoms with Crippen molar-refractivity contribution < 1.29 is 14.3 Å². The molecule has 1 amide bonds. The van der Waals surface area contributed by atoms with Crippen molar-refractivity contribution in [3.05, 3.63) is 43.0 Å². The number of nitrogens with zero attached hydrogens (tertiary/aromatic N) is 1.